The maximum atomic E-state index is 11.1. The Morgan fingerprint density at radius 3 is 2.56 bits per heavy atom. The lowest BCUT2D eigenvalue weighted by molar-refractivity contribution is -0.146. The Morgan fingerprint density at radius 2 is 2.06 bits per heavy atom. The second kappa shape index (κ2) is 4.80. The van der Waals surface area contributed by atoms with E-state index in [1.54, 1.807) is 13.8 Å². The molecular formula is C14H18N2O2. The molecule has 4 nitrogen and oxygen atoms in total. The van der Waals surface area contributed by atoms with Crippen LogP contribution in [0.2, 0.25) is 0 Å². The highest BCUT2D eigenvalue weighted by Crippen LogP contribution is 2.24. The number of rotatable bonds is 4. The molecule has 96 valence electrons. The lowest BCUT2D eigenvalue weighted by Gasteiger charge is -2.20. The third-order valence-corrected chi connectivity index (χ3v) is 3.18. The van der Waals surface area contributed by atoms with Crippen LogP contribution in [0.1, 0.15) is 19.4 Å². The first-order chi connectivity index (χ1) is 8.49. The van der Waals surface area contributed by atoms with Crippen LogP contribution >= 0.6 is 0 Å². The average Bonchev–Trinajstić information content (AvgIpc) is 2.83. The van der Waals surface area contributed by atoms with E-state index in [4.69, 9.17) is 5.11 Å². The molecule has 0 saturated carbocycles. The lowest BCUT2D eigenvalue weighted by Crippen LogP contribution is -2.26. The third kappa shape index (κ3) is 2.70. The van der Waals surface area contributed by atoms with Gasteiger partial charge >= 0.3 is 5.97 Å². The number of aliphatic carboxylic acids is 1. The van der Waals surface area contributed by atoms with Gasteiger partial charge in [-0.2, -0.15) is 0 Å². The van der Waals surface area contributed by atoms with Gasteiger partial charge in [-0.15, -0.1) is 0 Å². The monoisotopic (exact) mass is 246 g/mol. The first-order valence-corrected chi connectivity index (χ1v) is 6.08. The van der Waals surface area contributed by atoms with Crippen molar-refractivity contribution in [3.63, 3.8) is 0 Å². The van der Waals surface area contributed by atoms with Crippen molar-refractivity contribution in [2.45, 2.75) is 20.3 Å². The van der Waals surface area contributed by atoms with Gasteiger partial charge in [0.05, 0.1) is 18.3 Å². The minimum Gasteiger partial charge on any atom is -0.481 e. The molecule has 1 aromatic rings. The zero-order valence-corrected chi connectivity index (χ0v) is 10.8. The van der Waals surface area contributed by atoms with Crippen molar-refractivity contribution in [3.8, 4) is 0 Å². The van der Waals surface area contributed by atoms with Gasteiger partial charge in [-0.3, -0.25) is 9.79 Å². The summed E-state index contributed by atoms with van der Waals surface area (Å²) in [6.45, 7) is 5.25. The Balaban J connectivity index is 2.08. The Labute approximate surface area is 107 Å². The van der Waals surface area contributed by atoms with Gasteiger partial charge in [0.2, 0.25) is 0 Å². The molecule has 0 aromatic heterocycles. The molecule has 0 bridgehead atoms. The van der Waals surface area contributed by atoms with Gasteiger partial charge in [0.25, 0.3) is 0 Å². The van der Waals surface area contributed by atoms with Crippen molar-refractivity contribution < 1.29 is 9.90 Å². The van der Waals surface area contributed by atoms with Crippen molar-refractivity contribution >= 4 is 18.0 Å². The van der Waals surface area contributed by atoms with Crippen molar-refractivity contribution in [3.05, 3.63) is 29.8 Å². The highest BCUT2D eigenvalue weighted by atomic mass is 16.4. The highest BCUT2D eigenvalue weighted by molar-refractivity contribution is 5.81. The summed E-state index contributed by atoms with van der Waals surface area (Å²) in [5.74, 6) is -0.766. The van der Waals surface area contributed by atoms with E-state index in [1.165, 1.54) is 0 Å². The fraction of sp³-hybridized carbons (Fsp3) is 0.429. The Bertz CT molecular complexity index is 463. The van der Waals surface area contributed by atoms with Gasteiger partial charge in [0, 0.05) is 12.2 Å². The molecule has 0 unspecified atom stereocenters. The van der Waals surface area contributed by atoms with Crippen LogP contribution in [0.15, 0.2) is 29.3 Å². The summed E-state index contributed by atoms with van der Waals surface area (Å²) in [6.07, 6.45) is 2.38. The summed E-state index contributed by atoms with van der Waals surface area (Å²) in [6, 6.07) is 8.02. The molecule has 1 N–H and O–H groups in total. The van der Waals surface area contributed by atoms with Crippen LogP contribution in [0.25, 0.3) is 0 Å². The fourth-order valence-corrected chi connectivity index (χ4v) is 1.97. The van der Waals surface area contributed by atoms with Crippen LogP contribution in [0, 0.1) is 5.41 Å². The van der Waals surface area contributed by atoms with Crippen molar-refractivity contribution in [2.75, 3.05) is 18.0 Å². The van der Waals surface area contributed by atoms with Gasteiger partial charge in [-0.25, -0.2) is 0 Å². The zero-order chi connectivity index (χ0) is 13.2. The largest absolute Gasteiger partial charge is 0.481 e. The highest BCUT2D eigenvalue weighted by Gasteiger charge is 2.27. The smallest absolute Gasteiger partial charge is 0.309 e. The molecule has 1 aliphatic rings. The molecule has 2 rings (SSSR count). The van der Waals surface area contributed by atoms with Gasteiger partial charge in [-0.1, -0.05) is 12.1 Å². The molecule has 1 heterocycles. The van der Waals surface area contributed by atoms with Crippen LogP contribution < -0.4 is 4.90 Å². The molecule has 0 spiro atoms. The molecule has 0 amide bonds. The standard InChI is InChI=1S/C14H18N2O2/c1-14(2,13(17)18)9-11-3-5-12(6-4-11)16-8-7-15-10-16/h3-6,10H,7-9H2,1-2H3,(H,17,18). The summed E-state index contributed by atoms with van der Waals surface area (Å²) in [7, 11) is 0. The van der Waals surface area contributed by atoms with E-state index in [9.17, 15) is 4.79 Å². The third-order valence-electron chi connectivity index (χ3n) is 3.18. The maximum Gasteiger partial charge on any atom is 0.309 e. The Kier molecular flexibility index (Phi) is 3.36. The number of nitrogens with zero attached hydrogens (tertiary/aromatic N) is 2. The van der Waals surface area contributed by atoms with E-state index in [0.29, 0.717) is 6.42 Å². The predicted molar refractivity (Wildman–Crippen MR) is 72.3 cm³/mol. The number of benzene rings is 1. The van der Waals surface area contributed by atoms with E-state index >= 15 is 0 Å². The number of carboxylic acid groups (broad SMARTS) is 1. The normalized spacial score (nSPS) is 15.1. The number of anilines is 1. The number of hydrogen-bond acceptors (Lipinski definition) is 3. The van der Waals surface area contributed by atoms with Gasteiger partial charge in [0.1, 0.15) is 0 Å². The number of carbonyl (C=O) groups is 1. The average molecular weight is 246 g/mol. The fourth-order valence-electron chi connectivity index (χ4n) is 1.97. The van der Waals surface area contributed by atoms with E-state index in [1.807, 2.05) is 30.6 Å². The maximum absolute atomic E-state index is 11.1. The van der Waals surface area contributed by atoms with E-state index in [2.05, 4.69) is 9.89 Å². The molecule has 0 radical (unpaired) electrons. The number of carboxylic acids is 1. The lowest BCUT2D eigenvalue weighted by atomic mass is 9.86. The summed E-state index contributed by atoms with van der Waals surface area (Å²) >= 11 is 0. The molecule has 0 saturated heterocycles. The van der Waals surface area contributed by atoms with Gasteiger partial charge < -0.3 is 10.0 Å². The van der Waals surface area contributed by atoms with E-state index in [0.717, 1.165) is 24.3 Å². The van der Waals surface area contributed by atoms with Crippen LogP contribution in [-0.4, -0.2) is 30.5 Å². The molecule has 0 atom stereocenters. The van der Waals surface area contributed by atoms with Crippen molar-refractivity contribution in [1.82, 2.24) is 0 Å². The van der Waals surface area contributed by atoms with Crippen LogP contribution in [-0.2, 0) is 11.2 Å². The summed E-state index contributed by atoms with van der Waals surface area (Å²) in [4.78, 5) is 17.3. The van der Waals surface area contributed by atoms with Crippen LogP contribution in [0.5, 0.6) is 0 Å². The Morgan fingerprint density at radius 1 is 1.39 bits per heavy atom. The Hall–Kier alpha value is -1.84. The minimum absolute atomic E-state index is 0.538. The molecule has 1 aliphatic heterocycles. The van der Waals surface area contributed by atoms with Crippen molar-refractivity contribution in [2.24, 2.45) is 10.4 Å². The van der Waals surface area contributed by atoms with Crippen LogP contribution in [0.4, 0.5) is 5.69 Å². The molecule has 18 heavy (non-hydrogen) atoms. The summed E-state index contributed by atoms with van der Waals surface area (Å²) in [5.41, 5.74) is 1.42. The summed E-state index contributed by atoms with van der Waals surface area (Å²) in [5, 5.41) is 9.10. The van der Waals surface area contributed by atoms with E-state index < -0.39 is 11.4 Å². The van der Waals surface area contributed by atoms with Gasteiger partial charge in [0.15, 0.2) is 0 Å². The predicted octanol–water partition coefficient (Wildman–Crippen LogP) is 2.19. The van der Waals surface area contributed by atoms with Gasteiger partial charge in [-0.05, 0) is 38.0 Å². The molecule has 0 fully saturated rings. The number of hydrogen-bond donors (Lipinski definition) is 1. The van der Waals surface area contributed by atoms with E-state index in [-0.39, 0.29) is 0 Å². The second-order valence-electron chi connectivity index (χ2n) is 5.25. The molecule has 1 aromatic carbocycles. The quantitative estimate of drug-likeness (QED) is 0.886. The van der Waals surface area contributed by atoms with Crippen LogP contribution in [0.3, 0.4) is 0 Å². The molecule has 4 heteroatoms. The minimum atomic E-state index is -0.766. The first kappa shape index (κ1) is 12.6. The number of aliphatic imine (C=N–C) groups is 1. The SMILES string of the molecule is CC(C)(Cc1ccc(N2C=NCC2)cc1)C(=O)O. The second-order valence-corrected chi connectivity index (χ2v) is 5.25. The topological polar surface area (TPSA) is 52.9 Å². The molecule has 0 aliphatic carbocycles. The molecular weight excluding hydrogens is 228 g/mol. The van der Waals surface area contributed by atoms with Crippen molar-refractivity contribution in [1.29, 1.82) is 0 Å². The first-order valence-electron chi connectivity index (χ1n) is 6.08. The summed E-state index contributed by atoms with van der Waals surface area (Å²) < 4.78 is 0. The zero-order valence-electron chi connectivity index (χ0n) is 10.8.